The van der Waals surface area contributed by atoms with Gasteiger partial charge in [0.1, 0.15) is 0 Å². The lowest BCUT2D eigenvalue weighted by atomic mass is 10.0. The molecule has 0 saturated carbocycles. The number of rotatable bonds is 5. The molecule has 0 bridgehead atoms. The number of carbonyl (C=O) groups is 2. The van der Waals surface area contributed by atoms with Crippen molar-refractivity contribution < 1.29 is 14.7 Å². The quantitative estimate of drug-likeness (QED) is 0.825. The molecule has 1 aromatic carbocycles. The fourth-order valence-corrected chi connectivity index (χ4v) is 3.22. The summed E-state index contributed by atoms with van der Waals surface area (Å²) in [5, 5.41) is 13.0. The van der Waals surface area contributed by atoms with Crippen molar-refractivity contribution in [3.05, 3.63) is 47.5 Å². The van der Waals surface area contributed by atoms with Crippen molar-refractivity contribution >= 4 is 23.6 Å². The first-order chi connectivity index (χ1) is 10.0. The molecule has 1 aliphatic heterocycles. The van der Waals surface area contributed by atoms with Crippen molar-refractivity contribution in [2.75, 3.05) is 0 Å². The molecule has 0 aromatic heterocycles. The minimum Gasteiger partial charge on any atom is -0.548 e. The number of hydrogen-bond acceptors (Lipinski definition) is 4. The average Bonchev–Trinajstić information content (AvgIpc) is 2.46. The normalized spacial score (nSPS) is 19.9. The second-order valence-corrected chi connectivity index (χ2v) is 6.41. The van der Waals surface area contributed by atoms with E-state index < -0.39 is 12.0 Å². The van der Waals surface area contributed by atoms with E-state index in [1.807, 2.05) is 44.2 Å². The minimum absolute atomic E-state index is 0.147. The van der Waals surface area contributed by atoms with E-state index in [9.17, 15) is 14.7 Å². The molecule has 2 unspecified atom stereocenters. The van der Waals surface area contributed by atoms with Gasteiger partial charge in [-0.15, -0.1) is 11.8 Å². The number of nitrogens with zero attached hydrogens (tertiary/aromatic N) is 1. The first kappa shape index (κ1) is 15.6. The van der Waals surface area contributed by atoms with Crippen molar-refractivity contribution in [1.29, 1.82) is 0 Å². The molecule has 0 radical (unpaired) electrons. The minimum atomic E-state index is -1.23. The fraction of sp³-hybridized carbons (Fsp3) is 0.375. The van der Waals surface area contributed by atoms with Crippen LogP contribution in [0.1, 0.15) is 19.4 Å². The molecule has 1 aromatic rings. The second kappa shape index (κ2) is 6.80. The Hall–Kier alpha value is -1.75. The Morgan fingerprint density at radius 1 is 1.33 bits per heavy atom. The van der Waals surface area contributed by atoms with E-state index in [1.165, 1.54) is 16.7 Å². The number of benzene rings is 1. The maximum atomic E-state index is 12.5. The third kappa shape index (κ3) is 3.67. The highest BCUT2D eigenvalue weighted by molar-refractivity contribution is 8.03. The number of carbonyl (C=O) groups excluding carboxylic acids is 2. The van der Waals surface area contributed by atoms with Crippen LogP contribution < -0.4 is 5.11 Å². The molecule has 0 fully saturated rings. The van der Waals surface area contributed by atoms with Crippen molar-refractivity contribution in [2.24, 2.45) is 5.92 Å². The monoisotopic (exact) mass is 304 g/mol. The number of carboxylic acid groups (broad SMARTS) is 1. The van der Waals surface area contributed by atoms with Crippen LogP contribution in [0.4, 0.5) is 0 Å². The highest BCUT2D eigenvalue weighted by Crippen LogP contribution is 2.28. The van der Waals surface area contributed by atoms with Gasteiger partial charge in [-0.05, 0) is 23.3 Å². The summed E-state index contributed by atoms with van der Waals surface area (Å²) in [7, 11) is 0. The van der Waals surface area contributed by atoms with Crippen molar-refractivity contribution in [3.8, 4) is 0 Å². The zero-order valence-electron chi connectivity index (χ0n) is 12.1. The topological polar surface area (TPSA) is 60.4 Å². The van der Waals surface area contributed by atoms with Crippen molar-refractivity contribution in [1.82, 2.24) is 4.90 Å². The van der Waals surface area contributed by atoms with Crippen LogP contribution in [-0.4, -0.2) is 28.1 Å². The summed E-state index contributed by atoms with van der Waals surface area (Å²) in [6.45, 7) is 3.91. The summed E-state index contributed by atoms with van der Waals surface area (Å²) < 4.78 is 0. The Labute approximate surface area is 128 Å². The molecule has 1 amide bonds. The van der Waals surface area contributed by atoms with Gasteiger partial charge in [-0.3, -0.25) is 4.79 Å². The average molecular weight is 304 g/mol. The van der Waals surface area contributed by atoms with Crippen LogP contribution in [0.2, 0.25) is 0 Å². The Morgan fingerprint density at radius 3 is 2.57 bits per heavy atom. The summed E-state index contributed by atoms with van der Waals surface area (Å²) in [4.78, 5) is 25.3. The first-order valence-corrected chi connectivity index (χ1v) is 7.84. The Morgan fingerprint density at radius 2 is 2.00 bits per heavy atom. The number of carboxylic acids is 1. The van der Waals surface area contributed by atoms with Gasteiger partial charge in [0.2, 0.25) is 5.91 Å². The van der Waals surface area contributed by atoms with Gasteiger partial charge in [0.05, 0.1) is 17.3 Å². The Bertz CT molecular complexity index is 542. The summed E-state index contributed by atoms with van der Waals surface area (Å²) in [5.74, 6) is -1.25. The molecule has 2 atom stereocenters. The largest absolute Gasteiger partial charge is 0.548 e. The Kier molecular flexibility index (Phi) is 5.07. The standard InChI is InChI=1S/C16H19NO3S/c1-11(2)14-15(18)17(8-9-21-14)13(16(19)20)10-12-6-4-3-5-7-12/h3-9,11,13-14H,10H2,1-2H3,(H,19,20)/p-1. The summed E-state index contributed by atoms with van der Waals surface area (Å²) in [5.41, 5.74) is 0.868. The predicted octanol–water partition coefficient (Wildman–Crippen LogP) is 1.42. The lowest BCUT2D eigenvalue weighted by molar-refractivity contribution is -0.310. The number of hydrogen-bond donors (Lipinski definition) is 0. The van der Waals surface area contributed by atoms with Crippen molar-refractivity contribution in [2.45, 2.75) is 31.6 Å². The third-order valence-corrected chi connectivity index (χ3v) is 4.75. The van der Waals surface area contributed by atoms with E-state index in [4.69, 9.17) is 0 Å². The number of aliphatic carboxylic acids is 1. The van der Waals surface area contributed by atoms with Gasteiger partial charge in [-0.1, -0.05) is 44.2 Å². The molecule has 5 heteroatoms. The second-order valence-electron chi connectivity index (χ2n) is 5.36. The molecular formula is C16H18NO3S-. The Balaban J connectivity index is 2.22. The van der Waals surface area contributed by atoms with E-state index >= 15 is 0 Å². The predicted molar refractivity (Wildman–Crippen MR) is 81.1 cm³/mol. The van der Waals surface area contributed by atoms with Gasteiger partial charge in [0.25, 0.3) is 0 Å². The van der Waals surface area contributed by atoms with Crippen LogP contribution in [0, 0.1) is 5.92 Å². The van der Waals surface area contributed by atoms with Gasteiger partial charge in [-0.25, -0.2) is 0 Å². The lowest BCUT2D eigenvalue weighted by Crippen LogP contribution is -2.53. The maximum absolute atomic E-state index is 12.5. The zero-order chi connectivity index (χ0) is 15.4. The maximum Gasteiger partial charge on any atom is 0.240 e. The SMILES string of the molecule is CC(C)C1SC=CN(C(Cc2ccccc2)C(=O)[O-])C1=O. The van der Waals surface area contributed by atoms with Gasteiger partial charge in [0.15, 0.2) is 0 Å². The van der Waals surface area contributed by atoms with Crippen LogP contribution in [0.3, 0.4) is 0 Å². The smallest absolute Gasteiger partial charge is 0.240 e. The molecule has 2 rings (SSSR count). The van der Waals surface area contributed by atoms with E-state index in [0.717, 1.165) is 5.56 Å². The molecule has 112 valence electrons. The van der Waals surface area contributed by atoms with Crippen LogP contribution in [0.15, 0.2) is 41.9 Å². The van der Waals surface area contributed by atoms with Crippen LogP contribution in [-0.2, 0) is 16.0 Å². The number of amides is 1. The molecule has 4 nitrogen and oxygen atoms in total. The highest BCUT2D eigenvalue weighted by Gasteiger charge is 2.33. The van der Waals surface area contributed by atoms with Gasteiger partial charge in [0, 0.05) is 6.20 Å². The lowest BCUT2D eigenvalue weighted by Gasteiger charge is -2.35. The van der Waals surface area contributed by atoms with Gasteiger partial charge in [-0.2, -0.15) is 0 Å². The van der Waals surface area contributed by atoms with Gasteiger partial charge >= 0.3 is 0 Å². The molecule has 0 saturated heterocycles. The molecule has 1 heterocycles. The van der Waals surface area contributed by atoms with Gasteiger partial charge < -0.3 is 14.8 Å². The molecular weight excluding hydrogens is 286 g/mol. The highest BCUT2D eigenvalue weighted by atomic mass is 32.2. The van der Waals surface area contributed by atoms with Crippen LogP contribution in [0.5, 0.6) is 0 Å². The zero-order valence-corrected chi connectivity index (χ0v) is 12.9. The van der Waals surface area contributed by atoms with Crippen molar-refractivity contribution in [3.63, 3.8) is 0 Å². The first-order valence-electron chi connectivity index (χ1n) is 6.89. The van der Waals surface area contributed by atoms with E-state index in [-0.39, 0.29) is 23.5 Å². The fourth-order valence-electron chi connectivity index (χ4n) is 2.30. The third-order valence-electron chi connectivity index (χ3n) is 3.43. The van der Waals surface area contributed by atoms with Crippen LogP contribution >= 0.6 is 11.8 Å². The molecule has 0 spiro atoms. The van der Waals surface area contributed by atoms with E-state index in [0.29, 0.717) is 0 Å². The summed E-state index contributed by atoms with van der Waals surface area (Å²) in [6.07, 6.45) is 1.80. The van der Waals surface area contributed by atoms with E-state index in [2.05, 4.69) is 0 Å². The molecule has 0 N–H and O–H groups in total. The van der Waals surface area contributed by atoms with E-state index in [1.54, 1.807) is 11.6 Å². The molecule has 0 aliphatic carbocycles. The number of thioether (sulfide) groups is 1. The summed E-state index contributed by atoms with van der Waals surface area (Å²) >= 11 is 1.43. The van der Waals surface area contributed by atoms with Crippen LogP contribution in [0.25, 0.3) is 0 Å². The molecule has 21 heavy (non-hydrogen) atoms. The summed E-state index contributed by atoms with van der Waals surface area (Å²) in [6, 6.07) is 8.30. The molecule has 1 aliphatic rings.